The number of hydrogen-bond acceptors (Lipinski definition) is 5. The van der Waals surface area contributed by atoms with Gasteiger partial charge in [-0.3, -0.25) is 14.5 Å². The molecule has 0 spiro atoms. The van der Waals surface area contributed by atoms with Crippen LogP contribution in [-0.2, 0) is 6.54 Å². The number of nitrogens with one attached hydrogen (secondary N) is 1. The van der Waals surface area contributed by atoms with Gasteiger partial charge in [-0.25, -0.2) is 0 Å². The Labute approximate surface area is 148 Å². The fraction of sp³-hybridized carbons (Fsp3) is 0.353. The van der Waals surface area contributed by atoms with Crippen molar-refractivity contribution in [3.8, 4) is 0 Å². The summed E-state index contributed by atoms with van der Waals surface area (Å²) in [6.45, 7) is 0.658. The van der Waals surface area contributed by atoms with Crippen molar-refractivity contribution in [3.05, 3.63) is 47.7 Å². The average molecular weight is 361 g/mol. The Hall–Kier alpha value is -2.38. The number of halogens is 1. The molecule has 0 bridgehead atoms. The minimum Gasteiger partial charge on any atom is -0.464 e. The number of aliphatic hydroxyl groups excluding tert-OH is 1. The smallest absolute Gasteiger partial charge is 0.270 e. The monoisotopic (exact) mass is 360 g/mol. The molecule has 25 heavy (non-hydrogen) atoms. The second-order valence-electron chi connectivity index (χ2n) is 6.36. The van der Waals surface area contributed by atoms with Gasteiger partial charge in [-0.15, -0.1) is 0 Å². The molecule has 0 aliphatic heterocycles. The third kappa shape index (κ3) is 3.25. The van der Waals surface area contributed by atoms with Gasteiger partial charge in [-0.1, -0.05) is 11.6 Å². The number of aromatic nitrogens is 3. The largest absolute Gasteiger partial charge is 0.464 e. The van der Waals surface area contributed by atoms with Crippen LogP contribution in [0.2, 0.25) is 5.02 Å². The Bertz CT molecular complexity index is 906. The fourth-order valence-corrected chi connectivity index (χ4v) is 3.59. The van der Waals surface area contributed by atoms with E-state index in [-0.39, 0.29) is 17.9 Å². The zero-order chi connectivity index (χ0) is 17.4. The quantitative estimate of drug-likeness (QED) is 0.744. The average Bonchev–Trinajstić information content (AvgIpc) is 3.28. The third-order valence-electron chi connectivity index (χ3n) is 4.58. The van der Waals surface area contributed by atoms with Crippen LogP contribution in [-0.4, -0.2) is 37.9 Å². The Kier molecular flexibility index (Phi) is 4.19. The first-order chi connectivity index (χ1) is 12.1. The molecular weight excluding hydrogens is 344 g/mol. The van der Waals surface area contributed by atoms with Gasteiger partial charge >= 0.3 is 0 Å². The first kappa shape index (κ1) is 16.1. The highest BCUT2D eigenvalue weighted by atomic mass is 35.5. The Morgan fingerprint density at radius 3 is 3.12 bits per heavy atom. The summed E-state index contributed by atoms with van der Waals surface area (Å²) in [7, 11) is 0. The van der Waals surface area contributed by atoms with Crippen LogP contribution in [0.15, 0.2) is 41.4 Å². The van der Waals surface area contributed by atoms with E-state index in [1.165, 1.54) is 12.5 Å². The molecule has 1 amide bonds. The number of furan rings is 1. The van der Waals surface area contributed by atoms with Crippen molar-refractivity contribution in [3.63, 3.8) is 0 Å². The summed E-state index contributed by atoms with van der Waals surface area (Å²) < 4.78 is 7.06. The van der Waals surface area contributed by atoms with E-state index >= 15 is 0 Å². The minimum atomic E-state index is -0.594. The van der Waals surface area contributed by atoms with E-state index < -0.39 is 6.10 Å². The second kappa shape index (κ2) is 6.50. The molecule has 0 radical (unpaired) electrons. The summed E-state index contributed by atoms with van der Waals surface area (Å²) >= 11 is 5.87. The maximum atomic E-state index is 12.6. The molecule has 1 aliphatic rings. The van der Waals surface area contributed by atoms with Crippen molar-refractivity contribution < 1.29 is 14.3 Å². The van der Waals surface area contributed by atoms with E-state index in [9.17, 15) is 9.90 Å². The van der Waals surface area contributed by atoms with E-state index in [0.717, 1.165) is 0 Å². The molecule has 130 valence electrons. The van der Waals surface area contributed by atoms with Crippen LogP contribution in [0.1, 0.15) is 23.3 Å². The lowest BCUT2D eigenvalue weighted by Gasteiger charge is -2.16. The van der Waals surface area contributed by atoms with Crippen molar-refractivity contribution in [2.24, 2.45) is 5.92 Å². The predicted molar refractivity (Wildman–Crippen MR) is 91.2 cm³/mol. The van der Waals surface area contributed by atoms with E-state index in [1.54, 1.807) is 29.2 Å². The van der Waals surface area contributed by atoms with Crippen molar-refractivity contribution in [1.29, 1.82) is 0 Å². The maximum absolute atomic E-state index is 12.6. The highest BCUT2D eigenvalue weighted by molar-refractivity contribution is 6.30. The molecule has 8 heteroatoms. The van der Waals surface area contributed by atoms with Crippen molar-refractivity contribution in [2.75, 3.05) is 0 Å². The van der Waals surface area contributed by atoms with Crippen molar-refractivity contribution >= 4 is 28.5 Å². The van der Waals surface area contributed by atoms with Gasteiger partial charge in [0.2, 0.25) is 0 Å². The number of pyridine rings is 1. The van der Waals surface area contributed by atoms with E-state index in [4.69, 9.17) is 16.0 Å². The van der Waals surface area contributed by atoms with Crippen molar-refractivity contribution in [1.82, 2.24) is 20.1 Å². The highest BCUT2D eigenvalue weighted by Crippen LogP contribution is 2.28. The molecule has 3 atom stereocenters. The Balaban J connectivity index is 1.43. The molecule has 0 aromatic carbocycles. The molecule has 3 aromatic heterocycles. The first-order valence-electron chi connectivity index (χ1n) is 8.09. The molecule has 0 saturated heterocycles. The number of carbonyl (C=O) groups excluding carboxylic acids is 1. The lowest BCUT2D eigenvalue weighted by atomic mass is 10.1. The standard InChI is InChI=1S/C17H17ClN4O3/c18-11-7-20-22(9-11)8-10-5-13(14(23)6-10)21-17(24)16-12-2-4-25-15(12)1-3-19-16/h1-4,7,9-10,13-14,23H,5-6,8H2,(H,21,24)/t10?,13-,14-/m1/s1. The predicted octanol–water partition coefficient (Wildman–Crippen LogP) is 2.25. The first-order valence-corrected chi connectivity index (χ1v) is 8.47. The molecule has 1 fully saturated rings. The van der Waals surface area contributed by atoms with Gasteiger partial charge in [-0.2, -0.15) is 5.10 Å². The number of fused-ring (bicyclic) bond motifs is 1. The van der Waals surface area contributed by atoms with Gasteiger partial charge in [0.15, 0.2) is 0 Å². The lowest BCUT2D eigenvalue weighted by Crippen LogP contribution is -2.40. The SMILES string of the molecule is O=C(N[C@@H]1CC(Cn2cc(Cl)cn2)C[C@H]1O)c1nccc2occc12. The second-order valence-corrected chi connectivity index (χ2v) is 6.79. The van der Waals surface area contributed by atoms with Crippen LogP contribution < -0.4 is 5.32 Å². The summed E-state index contributed by atoms with van der Waals surface area (Å²) in [6.07, 6.45) is 7.09. The van der Waals surface area contributed by atoms with Gasteiger partial charge < -0.3 is 14.8 Å². The Morgan fingerprint density at radius 1 is 1.44 bits per heavy atom. The normalized spacial score (nSPS) is 23.2. The molecule has 7 nitrogen and oxygen atoms in total. The molecule has 2 N–H and O–H groups in total. The van der Waals surface area contributed by atoms with Crippen LogP contribution in [0.3, 0.4) is 0 Å². The van der Waals surface area contributed by atoms with Gasteiger partial charge in [0.05, 0.1) is 35.0 Å². The van der Waals surface area contributed by atoms with Crippen molar-refractivity contribution in [2.45, 2.75) is 31.5 Å². The summed E-state index contributed by atoms with van der Waals surface area (Å²) in [5.41, 5.74) is 0.918. The molecular formula is C17H17ClN4O3. The van der Waals surface area contributed by atoms with Gasteiger partial charge in [0.25, 0.3) is 5.91 Å². The molecule has 1 aliphatic carbocycles. The zero-order valence-electron chi connectivity index (χ0n) is 13.3. The van der Waals surface area contributed by atoms with Crippen LogP contribution in [0.25, 0.3) is 11.0 Å². The van der Waals surface area contributed by atoms with Gasteiger partial charge in [0, 0.05) is 18.9 Å². The number of carbonyl (C=O) groups is 1. The number of hydrogen-bond donors (Lipinski definition) is 2. The van der Waals surface area contributed by atoms with Gasteiger partial charge in [0.1, 0.15) is 11.3 Å². The van der Waals surface area contributed by atoms with E-state index in [0.29, 0.717) is 41.1 Å². The minimum absolute atomic E-state index is 0.217. The van der Waals surface area contributed by atoms with E-state index in [2.05, 4.69) is 15.4 Å². The summed E-state index contributed by atoms with van der Waals surface area (Å²) in [5, 5.41) is 18.6. The third-order valence-corrected chi connectivity index (χ3v) is 4.78. The fourth-order valence-electron chi connectivity index (χ4n) is 3.44. The number of rotatable bonds is 4. The summed E-state index contributed by atoms with van der Waals surface area (Å²) in [4.78, 5) is 16.7. The van der Waals surface area contributed by atoms with Crippen LogP contribution in [0.5, 0.6) is 0 Å². The summed E-state index contributed by atoms with van der Waals surface area (Å²) in [6, 6.07) is 3.11. The zero-order valence-corrected chi connectivity index (χ0v) is 14.1. The Morgan fingerprint density at radius 2 is 2.32 bits per heavy atom. The van der Waals surface area contributed by atoms with E-state index in [1.807, 2.05) is 0 Å². The van der Waals surface area contributed by atoms with Gasteiger partial charge in [-0.05, 0) is 30.9 Å². The maximum Gasteiger partial charge on any atom is 0.270 e. The number of amides is 1. The molecule has 3 aromatic rings. The topological polar surface area (TPSA) is 93.2 Å². The molecule has 1 unspecified atom stereocenters. The van der Waals surface area contributed by atoms with Crippen LogP contribution >= 0.6 is 11.6 Å². The molecule has 3 heterocycles. The number of nitrogens with zero attached hydrogens (tertiary/aromatic N) is 3. The van der Waals surface area contributed by atoms with Crippen LogP contribution in [0.4, 0.5) is 0 Å². The summed E-state index contributed by atoms with van der Waals surface area (Å²) in [5.74, 6) is -0.0900. The highest BCUT2D eigenvalue weighted by Gasteiger charge is 2.34. The molecule has 1 saturated carbocycles. The van der Waals surface area contributed by atoms with Crippen LogP contribution in [0, 0.1) is 5.92 Å². The number of aliphatic hydroxyl groups is 1. The molecule has 4 rings (SSSR count). The lowest BCUT2D eigenvalue weighted by molar-refractivity contribution is 0.0869.